The van der Waals surface area contributed by atoms with Gasteiger partial charge >= 0.3 is 0 Å². The van der Waals surface area contributed by atoms with Crippen molar-refractivity contribution >= 4 is 22.8 Å². The predicted molar refractivity (Wildman–Crippen MR) is 101 cm³/mol. The molecule has 0 amide bonds. The van der Waals surface area contributed by atoms with Gasteiger partial charge < -0.3 is 13.8 Å². The molecule has 5 aromatic rings. The zero-order valence-electron chi connectivity index (χ0n) is 14.2. The van der Waals surface area contributed by atoms with Crippen LogP contribution < -0.4 is 0 Å². The fraction of sp³-hybridized carbons (Fsp3) is 0.105. The smallest absolute Gasteiger partial charge is 0.200 e. The van der Waals surface area contributed by atoms with E-state index in [0.29, 0.717) is 23.9 Å². The Balaban J connectivity index is 1.44. The first-order chi connectivity index (χ1) is 13.4. The summed E-state index contributed by atoms with van der Waals surface area (Å²) in [5, 5.41) is 9.45. The van der Waals surface area contributed by atoms with Crippen LogP contribution in [-0.4, -0.2) is 24.7 Å². The maximum absolute atomic E-state index is 5.51. The van der Waals surface area contributed by atoms with Crippen molar-refractivity contribution in [2.24, 2.45) is 0 Å². The summed E-state index contributed by atoms with van der Waals surface area (Å²) in [6.45, 7) is 0.526. The van der Waals surface area contributed by atoms with Gasteiger partial charge in [-0.2, -0.15) is 0 Å². The van der Waals surface area contributed by atoms with Crippen LogP contribution in [0.4, 0.5) is 0 Å². The van der Waals surface area contributed by atoms with Gasteiger partial charge in [-0.1, -0.05) is 23.9 Å². The standard InChI is InChI=1S/C19H15N5O2S/c1-2-7-15-14(6-1)20-17(21-15)12-27-19-23-22-18(16-8-4-10-26-16)24(19)11-13-5-3-9-25-13/h1-10H,11-12H2,(H,20,21). The van der Waals surface area contributed by atoms with Crippen LogP contribution in [0.1, 0.15) is 11.6 Å². The van der Waals surface area contributed by atoms with Crippen molar-refractivity contribution in [3.05, 3.63) is 72.6 Å². The summed E-state index contributed by atoms with van der Waals surface area (Å²) in [6, 6.07) is 15.5. The molecule has 0 spiro atoms. The molecular weight excluding hydrogens is 362 g/mol. The van der Waals surface area contributed by atoms with Crippen molar-refractivity contribution in [3.8, 4) is 11.6 Å². The fourth-order valence-corrected chi connectivity index (χ4v) is 3.70. The summed E-state index contributed by atoms with van der Waals surface area (Å²) in [4.78, 5) is 7.96. The van der Waals surface area contributed by atoms with Gasteiger partial charge in [-0.05, 0) is 36.4 Å². The van der Waals surface area contributed by atoms with Crippen molar-refractivity contribution in [1.82, 2.24) is 24.7 Å². The van der Waals surface area contributed by atoms with Gasteiger partial charge in [-0.25, -0.2) is 4.98 Å². The molecule has 1 aromatic carbocycles. The maximum atomic E-state index is 5.51. The lowest BCUT2D eigenvalue weighted by Crippen LogP contribution is -2.03. The zero-order valence-corrected chi connectivity index (χ0v) is 15.0. The monoisotopic (exact) mass is 377 g/mol. The van der Waals surface area contributed by atoms with Crippen LogP contribution >= 0.6 is 11.8 Å². The van der Waals surface area contributed by atoms with E-state index in [9.17, 15) is 0 Å². The van der Waals surface area contributed by atoms with E-state index in [1.807, 2.05) is 53.1 Å². The molecule has 27 heavy (non-hydrogen) atoms. The van der Waals surface area contributed by atoms with Crippen LogP contribution in [0.15, 0.2) is 75.0 Å². The Morgan fingerprint density at radius 2 is 1.85 bits per heavy atom. The highest BCUT2D eigenvalue weighted by atomic mass is 32.2. The van der Waals surface area contributed by atoms with E-state index in [1.54, 1.807) is 24.3 Å². The Morgan fingerprint density at radius 1 is 0.963 bits per heavy atom. The Hall–Kier alpha value is -3.26. The molecule has 0 aliphatic rings. The number of hydrogen-bond acceptors (Lipinski definition) is 6. The predicted octanol–water partition coefficient (Wildman–Crippen LogP) is 4.35. The van der Waals surface area contributed by atoms with Crippen molar-refractivity contribution in [1.29, 1.82) is 0 Å². The molecule has 5 rings (SSSR count). The molecule has 134 valence electrons. The first-order valence-corrected chi connectivity index (χ1v) is 9.41. The highest BCUT2D eigenvalue weighted by molar-refractivity contribution is 7.98. The summed E-state index contributed by atoms with van der Waals surface area (Å²) in [6.07, 6.45) is 3.29. The van der Waals surface area contributed by atoms with E-state index in [1.165, 1.54) is 0 Å². The lowest BCUT2D eigenvalue weighted by Gasteiger charge is -2.06. The molecule has 1 N–H and O–H groups in total. The molecule has 4 heterocycles. The number of fused-ring (bicyclic) bond motifs is 1. The Morgan fingerprint density at radius 3 is 2.67 bits per heavy atom. The van der Waals surface area contributed by atoms with E-state index in [0.717, 1.165) is 27.8 Å². The van der Waals surface area contributed by atoms with Gasteiger partial charge in [0.25, 0.3) is 0 Å². The second kappa shape index (κ2) is 6.81. The van der Waals surface area contributed by atoms with Crippen LogP contribution in [0, 0.1) is 0 Å². The Bertz CT molecular complexity index is 1130. The van der Waals surface area contributed by atoms with Crippen molar-refractivity contribution < 1.29 is 8.83 Å². The van der Waals surface area contributed by atoms with Crippen LogP contribution in [0.5, 0.6) is 0 Å². The number of hydrogen-bond donors (Lipinski definition) is 1. The van der Waals surface area contributed by atoms with E-state index < -0.39 is 0 Å². The molecule has 0 aliphatic carbocycles. The van der Waals surface area contributed by atoms with Crippen molar-refractivity contribution in [2.75, 3.05) is 0 Å². The molecule has 0 fully saturated rings. The molecular formula is C19H15N5O2S. The average Bonchev–Trinajstić information content (AvgIpc) is 3.47. The minimum atomic E-state index is 0.526. The molecule has 0 unspecified atom stereocenters. The molecule has 0 aliphatic heterocycles. The summed E-state index contributed by atoms with van der Waals surface area (Å²) in [5.74, 6) is 3.72. The number of aromatic nitrogens is 5. The average molecular weight is 377 g/mol. The SMILES string of the molecule is c1coc(Cn2c(SCc3nc4ccccc4[nH]3)nnc2-c2ccco2)c1. The maximum Gasteiger partial charge on any atom is 0.200 e. The lowest BCUT2D eigenvalue weighted by molar-refractivity contribution is 0.482. The van der Waals surface area contributed by atoms with Gasteiger partial charge in [0.1, 0.15) is 11.6 Å². The number of para-hydroxylation sites is 2. The van der Waals surface area contributed by atoms with Gasteiger partial charge in [0, 0.05) is 0 Å². The molecule has 4 aromatic heterocycles. The minimum absolute atomic E-state index is 0.526. The van der Waals surface area contributed by atoms with Crippen LogP contribution in [0.2, 0.25) is 0 Å². The Kier molecular flexibility index (Phi) is 4.02. The number of nitrogens with one attached hydrogen (secondary N) is 1. The second-order valence-electron chi connectivity index (χ2n) is 5.94. The quantitative estimate of drug-likeness (QED) is 0.443. The zero-order chi connectivity index (χ0) is 18.1. The van der Waals surface area contributed by atoms with Gasteiger partial charge in [0.05, 0.1) is 35.9 Å². The Labute approximate surface area is 158 Å². The van der Waals surface area contributed by atoms with E-state index >= 15 is 0 Å². The summed E-state index contributed by atoms with van der Waals surface area (Å²) in [7, 11) is 0. The van der Waals surface area contributed by atoms with Crippen LogP contribution in [-0.2, 0) is 12.3 Å². The van der Waals surface area contributed by atoms with E-state index in [-0.39, 0.29) is 0 Å². The molecule has 0 saturated carbocycles. The number of thioether (sulfide) groups is 1. The molecule has 0 saturated heterocycles. The number of H-pyrrole nitrogens is 1. The van der Waals surface area contributed by atoms with Crippen molar-refractivity contribution in [2.45, 2.75) is 17.5 Å². The highest BCUT2D eigenvalue weighted by Crippen LogP contribution is 2.27. The van der Waals surface area contributed by atoms with Gasteiger partial charge in [0.15, 0.2) is 10.9 Å². The summed E-state index contributed by atoms with van der Waals surface area (Å²) >= 11 is 1.57. The minimum Gasteiger partial charge on any atom is -0.467 e. The molecule has 0 atom stereocenters. The molecule has 7 nitrogen and oxygen atoms in total. The lowest BCUT2D eigenvalue weighted by atomic mass is 10.3. The summed E-state index contributed by atoms with van der Waals surface area (Å²) < 4.78 is 13.0. The number of furan rings is 2. The van der Waals surface area contributed by atoms with Crippen LogP contribution in [0.3, 0.4) is 0 Å². The third-order valence-corrected chi connectivity index (χ3v) is 5.11. The third kappa shape index (κ3) is 3.15. The highest BCUT2D eigenvalue weighted by Gasteiger charge is 2.18. The topological polar surface area (TPSA) is 85.7 Å². The van der Waals surface area contributed by atoms with Gasteiger partial charge in [-0.3, -0.25) is 4.57 Å². The van der Waals surface area contributed by atoms with Gasteiger partial charge in [0.2, 0.25) is 5.82 Å². The molecule has 8 heteroatoms. The summed E-state index contributed by atoms with van der Waals surface area (Å²) in [5.41, 5.74) is 1.99. The first kappa shape index (κ1) is 16.0. The van der Waals surface area contributed by atoms with Crippen LogP contribution in [0.25, 0.3) is 22.6 Å². The number of nitrogens with zero attached hydrogens (tertiary/aromatic N) is 4. The number of rotatable bonds is 6. The normalized spacial score (nSPS) is 11.4. The number of aromatic amines is 1. The molecule has 0 bridgehead atoms. The number of imidazole rings is 1. The number of benzene rings is 1. The third-order valence-electron chi connectivity index (χ3n) is 4.13. The van der Waals surface area contributed by atoms with Crippen molar-refractivity contribution in [3.63, 3.8) is 0 Å². The fourth-order valence-electron chi connectivity index (χ4n) is 2.89. The largest absolute Gasteiger partial charge is 0.467 e. The van der Waals surface area contributed by atoms with Gasteiger partial charge in [-0.15, -0.1) is 10.2 Å². The second-order valence-corrected chi connectivity index (χ2v) is 6.88. The van der Waals surface area contributed by atoms with E-state index in [4.69, 9.17) is 8.83 Å². The van der Waals surface area contributed by atoms with E-state index in [2.05, 4.69) is 20.2 Å². The first-order valence-electron chi connectivity index (χ1n) is 8.43. The molecule has 0 radical (unpaired) electrons.